The van der Waals surface area contributed by atoms with Crippen LogP contribution < -0.4 is 9.47 Å². The van der Waals surface area contributed by atoms with E-state index in [0.717, 1.165) is 0 Å². The van der Waals surface area contributed by atoms with Crippen molar-refractivity contribution in [2.24, 2.45) is 0 Å². The Hall–Kier alpha value is -4.56. The van der Waals surface area contributed by atoms with Crippen molar-refractivity contribution in [3.63, 3.8) is 0 Å². The molecule has 200 valence electrons. The van der Waals surface area contributed by atoms with Gasteiger partial charge in [-0.2, -0.15) is 0 Å². The number of ether oxygens (including phenoxy) is 4. The SMILES string of the molecule is CCOc1cccc(C(=O)OOOC(=O)OCCCOC(=O)OOOC(=O)c2cccc(OCC)c2)c1. The lowest BCUT2D eigenvalue weighted by molar-refractivity contribution is -0.452. The maximum absolute atomic E-state index is 11.8. The van der Waals surface area contributed by atoms with E-state index in [-0.39, 0.29) is 30.8 Å². The van der Waals surface area contributed by atoms with Gasteiger partial charge in [0.05, 0.1) is 47.6 Å². The first-order valence-corrected chi connectivity index (χ1v) is 10.8. The van der Waals surface area contributed by atoms with Crippen molar-refractivity contribution in [1.82, 2.24) is 0 Å². The van der Waals surface area contributed by atoms with Crippen molar-refractivity contribution in [2.75, 3.05) is 26.4 Å². The predicted molar refractivity (Wildman–Crippen MR) is 118 cm³/mol. The van der Waals surface area contributed by atoms with Crippen LogP contribution in [0.4, 0.5) is 9.59 Å². The molecule has 14 heteroatoms. The van der Waals surface area contributed by atoms with Gasteiger partial charge in [-0.15, -0.1) is 0 Å². The Labute approximate surface area is 210 Å². The van der Waals surface area contributed by atoms with Gasteiger partial charge in [0, 0.05) is 6.42 Å². The summed E-state index contributed by atoms with van der Waals surface area (Å²) in [6, 6.07) is 12.1. The number of hydrogen-bond acceptors (Lipinski definition) is 14. The molecule has 0 aliphatic carbocycles. The second-order valence-corrected chi connectivity index (χ2v) is 6.52. The van der Waals surface area contributed by atoms with Crippen LogP contribution in [0.3, 0.4) is 0 Å². The molecular formula is C23H24O14. The molecule has 37 heavy (non-hydrogen) atoms. The Bertz CT molecular complexity index is 956. The Morgan fingerprint density at radius 1 is 0.622 bits per heavy atom. The number of carbonyl (C=O) groups excluding carboxylic acids is 4. The first-order valence-electron chi connectivity index (χ1n) is 10.8. The highest BCUT2D eigenvalue weighted by Gasteiger charge is 2.15. The van der Waals surface area contributed by atoms with Crippen molar-refractivity contribution in [2.45, 2.75) is 20.3 Å². The Morgan fingerprint density at radius 3 is 1.46 bits per heavy atom. The van der Waals surface area contributed by atoms with Gasteiger partial charge in [0.2, 0.25) is 0 Å². The minimum atomic E-state index is -1.32. The van der Waals surface area contributed by atoms with E-state index in [4.69, 9.17) is 9.47 Å². The van der Waals surface area contributed by atoms with Crippen molar-refractivity contribution in [3.8, 4) is 11.5 Å². The lowest BCUT2D eigenvalue weighted by atomic mass is 10.2. The van der Waals surface area contributed by atoms with Gasteiger partial charge in [0.15, 0.2) is 0 Å². The molecule has 0 aliphatic rings. The van der Waals surface area contributed by atoms with Gasteiger partial charge in [-0.1, -0.05) is 12.1 Å². The van der Waals surface area contributed by atoms with Crippen LogP contribution in [0.5, 0.6) is 11.5 Å². The zero-order chi connectivity index (χ0) is 26.9. The highest BCUT2D eigenvalue weighted by atomic mass is 17.5. The van der Waals surface area contributed by atoms with Crippen LogP contribution in [0.25, 0.3) is 0 Å². The second kappa shape index (κ2) is 16.2. The number of rotatable bonds is 14. The lowest BCUT2D eigenvalue weighted by Crippen LogP contribution is -2.15. The first-order chi connectivity index (χ1) is 17.9. The molecule has 0 bridgehead atoms. The van der Waals surface area contributed by atoms with E-state index >= 15 is 0 Å². The van der Waals surface area contributed by atoms with E-state index in [9.17, 15) is 19.2 Å². The average molecular weight is 524 g/mol. The minimum absolute atomic E-state index is 0.0260. The molecule has 0 unspecified atom stereocenters. The van der Waals surface area contributed by atoms with E-state index in [1.54, 1.807) is 38.1 Å². The molecule has 0 N–H and O–H groups in total. The molecule has 0 radical (unpaired) electrons. The van der Waals surface area contributed by atoms with Crippen LogP contribution in [0.1, 0.15) is 41.0 Å². The molecule has 0 fully saturated rings. The van der Waals surface area contributed by atoms with Crippen LogP contribution in [-0.4, -0.2) is 50.7 Å². The number of hydrogen-bond donors (Lipinski definition) is 0. The Morgan fingerprint density at radius 2 is 1.05 bits per heavy atom. The minimum Gasteiger partial charge on any atom is -0.494 e. The molecular weight excluding hydrogens is 500 g/mol. The lowest BCUT2D eigenvalue weighted by Gasteiger charge is -2.06. The van der Waals surface area contributed by atoms with E-state index in [1.807, 2.05) is 0 Å². The quantitative estimate of drug-likeness (QED) is 0.151. The first kappa shape index (κ1) is 28.7. The average Bonchev–Trinajstić information content (AvgIpc) is 2.89. The van der Waals surface area contributed by atoms with Crippen molar-refractivity contribution in [3.05, 3.63) is 59.7 Å². The van der Waals surface area contributed by atoms with Gasteiger partial charge in [0.25, 0.3) is 0 Å². The molecule has 0 spiro atoms. The smallest absolute Gasteiger partial charge is 0.494 e. The maximum Gasteiger partial charge on any atom is 0.543 e. The molecule has 2 aromatic rings. The van der Waals surface area contributed by atoms with Crippen molar-refractivity contribution < 1.29 is 67.8 Å². The Kier molecular flexibility index (Phi) is 12.5. The summed E-state index contributed by atoms with van der Waals surface area (Å²) in [5.41, 5.74) is 0.197. The third kappa shape index (κ3) is 11.1. The summed E-state index contributed by atoms with van der Waals surface area (Å²) in [6.45, 7) is 3.86. The van der Waals surface area contributed by atoms with Gasteiger partial charge in [-0.05, 0) is 50.2 Å². The summed E-state index contributed by atoms with van der Waals surface area (Å²) in [5, 5.41) is 8.17. The highest BCUT2D eigenvalue weighted by molar-refractivity contribution is 5.89. The summed E-state index contributed by atoms with van der Waals surface area (Å²) >= 11 is 0. The largest absolute Gasteiger partial charge is 0.543 e. The molecule has 0 amide bonds. The Balaban J connectivity index is 1.52. The summed E-state index contributed by atoms with van der Waals surface area (Å²) < 4.78 is 19.7. The van der Waals surface area contributed by atoms with Crippen LogP contribution in [-0.2, 0) is 39.1 Å². The molecule has 0 atom stereocenters. The van der Waals surface area contributed by atoms with Gasteiger partial charge in [-0.3, -0.25) is 9.78 Å². The van der Waals surface area contributed by atoms with Gasteiger partial charge in [0.1, 0.15) is 11.5 Å². The van der Waals surface area contributed by atoms with E-state index in [2.05, 4.69) is 39.1 Å². The predicted octanol–water partition coefficient (Wildman–Crippen LogP) is 3.89. The van der Waals surface area contributed by atoms with Crippen LogP contribution in [0.15, 0.2) is 48.5 Å². The van der Waals surface area contributed by atoms with E-state index < -0.39 is 24.2 Å². The molecule has 0 saturated heterocycles. The summed E-state index contributed by atoms with van der Waals surface area (Å²) in [5.74, 6) is -0.986. The summed E-state index contributed by atoms with van der Waals surface area (Å²) in [4.78, 5) is 63.4. The van der Waals surface area contributed by atoms with Gasteiger partial charge in [-0.25, -0.2) is 29.0 Å². The standard InChI is InChI=1S/C23H24O14/c1-3-28-18-10-5-8-16(14-18)20(24)32-36-34-22(26)30-12-7-13-31-23(27)35-37-33-21(25)17-9-6-11-19(15-17)29-4-2/h5-6,8-11,14-15H,3-4,7,12-13H2,1-2H3. The van der Waals surface area contributed by atoms with Crippen molar-refractivity contribution in [1.29, 1.82) is 0 Å². The van der Waals surface area contributed by atoms with Crippen LogP contribution in [0.2, 0.25) is 0 Å². The normalized spacial score (nSPS) is 10.0. The molecule has 14 nitrogen and oxygen atoms in total. The molecule has 0 heterocycles. The number of carbonyl (C=O) groups is 4. The molecule has 0 aliphatic heterocycles. The van der Waals surface area contributed by atoms with Crippen molar-refractivity contribution >= 4 is 24.2 Å². The third-order valence-corrected chi connectivity index (χ3v) is 3.91. The zero-order valence-corrected chi connectivity index (χ0v) is 19.9. The maximum atomic E-state index is 11.8. The zero-order valence-electron chi connectivity index (χ0n) is 19.9. The fourth-order valence-electron chi connectivity index (χ4n) is 2.42. The number of benzene rings is 2. The molecule has 0 aromatic heterocycles. The molecule has 2 aromatic carbocycles. The summed E-state index contributed by atoms with van der Waals surface area (Å²) in [7, 11) is 0. The molecule has 0 saturated carbocycles. The third-order valence-electron chi connectivity index (χ3n) is 3.91. The highest BCUT2D eigenvalue weighted by Crippen LogP contribution is 2.15. The van der Waals surface area contributed by atoms with Crippen LogP contribution >= 0.6 is 0 Å². The monoisotopic (exact) mass is 524 g/mol. The fourth-order valence-corrected chi connectivity index (χ4v) is 2.42. The second-order valence-electron chi connectivity index (χ2n) is 6.52. The van der Waals surface area contributed by atoms with E-state index in [1.165, 1.54) is 24.3 Å². The van der Waals surface area contributed by atoms with Crippen LogP contribution in [0, 0.1) is 0 Å². The van der Waals surface area contributed by atoms with Gasteiger partial charge >= 0.3 is 24.2 Å². The summed E-state index contributed by atoms with van der Waals surface area (Å²) in [6.07, 6.45) is -2.61. The molecule has 2 rings (SSSR count). The van der Waals surface area contributed by atoms with E-state index in [0.29, 0.717) is 24.7 Å². The topological polar surface area (TPSA) is 161 Å². The van der Waals surface area contributed by atoms with Gasteiger partial charge < -0.3 is 18.9 Å². The fraction of sp³-hybridized carbons (Fsp3) is 0.304.